The molecule has 1 heterocycles. The maximum Gasteiger partial charge on any atom is 0.0862 e. The third-order valence-electron chi connectivity index (χ3n) is 4.62. The summed E-state index contributed by atoms with van der Waals surface area (Å²) in [5.41, 5.74) is 1.74. The van der Waals surface area contributed by atoms with E-state index in [0.717, 1.165) is 30.8 Å². The molecule has 1 fully saturated rings. The molecule has 1 saturated carbocycles. The Balaban J connectivity index is 2.10. The second-order valence-electron chi connectivity index (χ2n) is 6.03. The largest absolute Gasteiger partial charge is 0.390 e. The molecule has 0 bridgehead atoms. The number of aryl methyl sites for hydroxylation is 2. The van der Waals surface area contributed by atoms with Gasteiger partial charge in [-0.1, -0.05) is 30.9 Å². The average Bonchev–Trinajstić information content (AvgIpc) is 2.77. The van der Waals surface area contributed by atoms with Gasteiger partial charge in [0.2, 0.25) is 0 Å². The summed E-state index contributed by atoms with van der Waals surface area (Å²) in [5.74, 6) is 0.455. The Labute approximate surface area is 132 Å². The minimum atomic E-state index is -0.531. The highest BCUT2D eigenvalue weighted by Gasteiger charge is 2.31. The van der Waals surface area contributed by atoms with Crippen LogP contribution < -0.4 is 0 Å². The maximum atomic E-state index is 10.6. The Morgan fingerprint density at radius 3 is 2.62 bits per heavy atom. The lowest BCUT2D eigenvalue weighted by Crippen LogP contribution is -2.38. The molecule has 1 aromatic heterocycles. The van der Waals surface area contributed by atoms with Gasteiger partial charge in [0.1, 0.15) is 0 Å². The van der Waals surface area contributed by atoms with Crippen molar-refractivity contribution in [3.8, 4) is 0 Å². The van der Waals surface area contributed by atoms with Crippen molar-refractivity contribution in [3.05, 3.63) is 16.4 Å². The van der Waals surface area contributed by atoms with E-state index in [1.807, 2.05) is 18.5 Å². The fourth-order valence-electron chi connectivity index (χ4n) is 3.50. The van der Waals surface area contributed by atoms with Crippen LogP contribution in [0.4, 0.5) is 0 Å². The molecular weight excluding hydrogens is 288 g/mol. The second kappa shape index (κ2) is 7.61. The minimum Gasteiger partial charge on any atom is -0.390 e. The van der Waals surface area contributed by atoms with E-state index in [1.54, 1.807) is 7.11 Å². The van der Waals surface area contributed by atoms with Crippen LogP contribution in [0.2, 0.25) is 5.02 Å². The highest BCUT2D eigenvalue weighted by molar-refractivity contribution is 6.31. The summed E-state index contributed by atoms with van der Waals surface area (Å²) in [6.07, 6.45) is 5.94. The number of nitrogens with zero attached hydrogens (tertiary/aromatic N) is 2. The number of aliphatic hydroxyl groups excluding tert-OH is 1. The molecule has 1 aliphatic carbocycles. The Hall–Kier alpha value is -0.580. The van der Waals surface area contributed by atoms with E-state index in [-0.39, 0.29) is 6.10 Å². The number of aromatic nitrogens is 2. The summed E-state index contributed by atoms with van der Waals surface area (Å²) in [6.45, 7) is 4.70. The van der Waals surface area contributed by atoms with Gasteiger partial charge in [-0.05, 0) is 32.6 Å². The van der Waals surface area contributed by atoms with E-state index in [2.05, 4.69) is 5.10 Å². The molecule has 0 saturated heterocycles. The Morgan fingerprint density at radius 1 is 1.38 bits per heavy atom. The molecule has 2 rings (SSSR count). The highest BCUT2D eigenvalue weighted by atomic mass is 35.5. The number of hydrogen-bond acceptors (Lipinski definition) is 3. The van der Waals surface area contributed by atoms with Crippen LogP contribution in [-0.4, -0.2) is 34.2 Å². The summed E-state index contributed by atoms with van der Waals surface area (Å²) in [7, 11) is 1.70. The fraction of sp³-hybridized carbons (Fsp3) is 0.812. The summed E-state index contributed by atoms with van der Waals surface area (Å²) < 4.78 is 7.50. The summed E-state index contributed by atoms with van der Waals surface area (Å²) in [6, 6.07) is 0. The molecule has 5 heteroatoms. The second-order valence-corrected chi connectivity index (χ2v) is 6.41. The number of methoxy groups -OCH3 is 1. The molecule has 120 valence electrons. The molecule has 1 aromatic rings. The van der Waals surface area contributed by atoms with E-state index in [4.69, 9.17) is 16.3 Å². The summed E-state index contributed by atoms with van der Waals surface area (Å²) >= 11 is 6.34. The van der Waals surface area contributed by atoms with Gasteiger partial charge < -0.3 is 9.84 Å². The number of hydrogen-bond donors (Lipinski definition) is 1. The first kappa shape index (κ1) is 16.8. The van der Waals surface area contributed by atoms with Gasteiger partial charge in [0.15, 0.2) is 0 Å². The molecule has 1 aliphatic rings. The van der Waals surface area contributed by atoms with Gasteiger partial charge in [0.05, 0.1) is 28.6 Å². The predicted molar refractivity (Wildman–Crippen MR) is 84.7 cm³/mol. The summed E-state index contributed by atoms with van der Waals surface area (Å²) in [5, 5.41) is 15.7. The summed E-state index contributed by atoms with van der Waals surface area (Å²) in [4.78, 5) is 0. The van der Waals surface area contributed by atoms with Gasteiger partial charge in [-0.2, -0.15) is 5.10 Å². The Bertz CT molecular complexity index is 455. The monoisotopic (exact) mass is 314 g/mol. The zero-order chi connectivity index (χ0) is 15.4. The van der Waals surface area contributed by atoms with Gasteiger partial charge in [0, 0.05) is 20.1 Å². The fourth-order valence-corrected chi connectivity index (χ4v) is 3.72. The molecule has 1 N–H and O–H groups in total. The van der Waals surface area contributed by atoms with Crippen molar-refractivity contribution >= 4 is 11.6 Å². The quantitative estimate of drug-likeness (QED) is 0.875. The van der Waals surface area contributed by atoms with Gasteiger partial charge in [0.25, 0.3) is 0 Å². The van der Waals surface area contributed by atoms with Crippen molar-refractivity contribution in [2.24, 2.45) is 5.92 Å². The zero-order valence-electron chi connectivity index (χ0n) is 13.3. The Kier molecular flexibility index (Phi) is 6.08. The standard InChI is InChI=1S/C16H27ClN2O2/c1-4-19-13(15(17)11(2)18-19)10-14(20)16(21-3)12-8-6-5-7-9-12/h12,14,16,20H,4-10H2,1-3H3. The van der Waals surface area contributed by atoms with Crippen LogP contribution in [0.5, 0.6) is 0 Å². The zero-order valence-corrected chi connectivity index (χ0v) is 14.1. The van der Waals surface area contributed by atoms with Crippen LogP contribution >= 0.6 is 11.6 Å². The van der Waals surface area contributed by atoms with Crippen LogP contribution in [0.15, 0.2) is 0 Å². The van der Waals surface area contributed by atoms with E-state index >= 15 is 0 Å². The molecule has 0 aliphatic heterocycles. The minimum absolute atomic E-state index is 0.109. The first-order valence-electron chi connectivity index (χ1n) is 8.01. The van der Waals surface area contributed by atoms with E-state index in [0.29, 0.717) is 17.4 Å². The normalized spacial score (nSPS) is 19.7. The third kappa shape index (κ3) is 3.79. The van der Waals surface area contributed by atoms with E-state index < -0.39 is 6.10 Å². The van der Waals surface area contributed by atoms with E-state index in [9.17, 15) is 5.11 Å². The third-order valence-corrected chi connectivity index (χ3v) is 5.11. The number of halogens is 1. The smallest absolute Gasteiger partial charge is 0.0862 e. The van der Waals surface area contributed by atoms with Gasteiger partial charge in [-0.3, -0.25) is 4.68 Å². The number of rotatable bonds is 6. The molecule has 0 radical (unpaired) electrons. The van der Waals surface area contributed by atoms with Crippen LogP contribution in [0, 0.1) is 12.8 Å². The van der Waals surface area contributed by atoms with E-state index in [1.165, 1.54) is 19.3 Å². The van der Waals surface area contributed by atoms with Crippen molar-refractivity contribution in [3.63, 3.8) is 0 Å². The lowest BCUT2D eigenvalue weighted by Gasteiger charge is -2.32. The lowest BCUT2D eigenvalue weighted by atomic mass is 9.82. The van der Waals surface area contributed by atoms with Crippen molar-refractivity contribution in [2.45, 2.75) is 71.1 Å². The molecule has 0 spiro atoms. The first-order chi connectivity index (χ1) is 10.1. The molecule has 0 amide bonds. The predicted octanol–water partition coefficient (Wildman–Crippen LogP) is 3.36. The van der Waals surface area contributed by atoms with Crippen LogP contribution in [0.3, 0.4) is 0 Å². The molecule has 2 atom stereocenters. The lowest BCUT2D eigenvalue weighted by molar-refractivity contribution is -0.0542. The van der Waals surface area contributed by atoms with Gasteiger partial charge >= 0.3 is 0 Å². The molecule has 2 unspecified atom stereocenters. The van der Waals surface area contributed by atoms with Crippen LogP contribution in [0.25, 0.3) is 0 Å². The SMILES string of the molecule is CCn1nc(C)c(Cl)c1CC(O)C(OC)C1CCCCC1. The highest BCUT2D eigenvalue weighted by Crippen LogP contribution is 2.31. The van der Waals surface area contributed by atoms with Crippen molar-refractivity contribution in [2.75, 3.05) is 7.11 Å². The van der Waals surface area contributed by atoms with Crippen molar-refractivity contribution in [1.82, 2.24) is 9.78 Å². The molecular formula is C16H27ClN2O2. The van der Waals surface area contributed by atoms with Crippen molar-refractivity contribution < 1.29 is 9.84 Å². The number of aliphatic hydroxyl groups is 1. The van der Waals surface area contributed by atoms with Gasteiger partial charge in [-0.25, -0.2) is 0 Å². The molecule has 21 heavy (non-hydrogen) atoms. The molecule has 4 nitrogen and oxygen atoms in total. The van der Waals surface area contributed by atoms with Crippen LogP contribution in [0.1, 0.15) is 50.4 Å². The van der Waals surface area contributed by atoms with Gasteiger partial charge in [-0.15, -0.1) is 0 Å². The first-order valence-corrected chi connectivity index (χ1v) is 8.38. The maximum absolute atomic E-state index is 10.6. The molecule has 0 aromatic carbocycles. The average molecular weight is 315 g/mol. The van der Waals surface area contributed by atoms with Crippen molar-refractivity contribution in [1.29, 1.82) is 0 Å². The Morgan fingerprint density at radius 2 is 2.05 bits per heavy atom. The van der Waals surface area contributed by atoms with Crippen LogP contribution in [-0.2, 0) is 17.7 Å². The number of ether oxygens (including phenoxy) is 1. The topological polar surface area (TPSA) is 47.3 Å².